The van der Waals surface area contributed by atoms with Crippen LogP contribution in [0.15, 0.2) is 36.7 Å². The molecule has 0 saturated carbocycles. The van der Waals surface area contributed by atoms with Crippen LogP contribution in [0, 0.1) is 5.82 Å². The lowest BCUT2D eigenvalue weighted by Gasteiger charge is -2.36. The topological polar surface area (TPSA) is 59.0 Å². The molecule has 0 aliphatic carbocycles. The molecule has 3 rings (SSSR count). The molecule has 2 heterocycles. The van der Waals surface area contributed by atoms with Crippen molar-refractivity contribution < 1.29 is 9.18 Å². The zero-order valence-electron chi connectivity index (χ0n) is 12.3. The van der Waals surface area contributed by atoms with Crippen molar-refractivity contribution in [3.8, 4) is 0 Å². The van der Waals surface area contributed by atoms with Crippen LogP contribution < -0.4 is 10.6 Å². The van der Waals surface area contributed by atoms with Gasteiger partial charge in [0.05, 0.1) is 5.02 Å². The van der Waals surface area contributed by atoms with E-state index < -0.39 is 11.4 Å². The van der Waals surface area contributed by atoms with Gasteiger partial charge in [-0.3, -0.25) is 9.48 Å². The lowest BCUT2D eigenvalue weighted by molar-refractivity contribution is -0.126. The van der Waals surface area contributed by atoms with E-state index in [9.17, 15) is 9.18 Å². The number of nitrogens with one attached hydrogen (secondary N) is 2. The van der Waals surface area contributed by atoms with Crippen LogP contribution in [0.4, 0.5) is 10.1 Å². The van der Waals surface area contributed by atoms with Crippen LogP contribution in [-0.4, -0.2) is 28.8 Å². The highest BCUT2D eigenvalue weighted by atomic mass is 35.5. The Labute approximate surface area is 144 Å². The van der Waals surface area contributed by atoms with Crippen molar-refractivity contribution in [2.24, 2.45) is 0 Å². The van der Waals surface area contributed by atoms with Crippen molar-refractivity contribution in [1.29, 1.82) is 0 Å². The molecule has 0 radical (unpaired) electrons. The van der Waals surface area contributed by atoms with Crippen LogP contribution >= 0.6 is 24.0 Å². The van der Waals surface area contributed by atoms with Crippen molar-refractivity contribution >= 4 is 35.6 Å². The highest BCUT2D eigenvalue weighted by molar-refractivity contribution is 6.30. The lowest BCUT2D eigenvalue weighted by Crippen LogP contribution is -2.52. The lowest BCUT2D eigenvalue weighted by atomic mass is 9.87. The summed E-state index contributed by atoms with van der Waals surface area (Å²) in [6.45, 7) is 1.45. The molecule has 0 atom stereocenters. The smallest absolute Gasteiger partial charge is 0.252 e. The Morgan fingerprint density at radius 2 is 2.13 bits per heavy atom. The van der Waals surface area contributed by atoms with Gasteiger partial charge in [-0.2, -0.15) is 5.10 Å². The number of piperidine rings is 1. The molecule has 1 saturated heterocycles. The first-order valence-corrected chi connectivity index (χ1v) is 7.47. The van der Waals surface area contributed by atoms with Crippen LogP contribution in [0.1, 0.15) is 12.8 Å². The number of halogens is 3. The molecule has 1 aliphatic rings. The maximum Gasteiger partial charge on any atom is 0.252 e. The minimum Gasteiger partial charge on any atom is -0.324 e. The quantitative estimate of drug-likeness (QED) is 0.886. The normalized spacial score (nSPS) is 16.4. The summed E-state index contributed by atoms with van der Waals surface area (Å²) in [5.74, 6) is -0.752. The van der Waals surface area contributed by atoms with Crippen molar-refractivity contribution in [1.82, 2.24) is 15.1 Å². The largest absolute Gasteiger partial charge is 0.324 e. The van der Waals surface area contributed by atoms with E-state index in [1.807, 2.05) is 0 Å². The standard InChI is InChI=1S/C15H16ClFN4O.ClH/c16-12-3-2-11(10-13(12)17)20-14(22)15(4-7-18-8-5-15)21-9-1-6-19-21;/h1-3,6,9-10,18H,4-5,7-8H2,(H,20,22);1H. The van der Waals surface area contributed by atoms with Gasteiger partial charge in [0.1, 0.15) is 11.4 Å². The first kappa shape index (κ1) is 17.7. The van der Waals surface area contributed by atoms with Crippen LogP contribution in [0.5, 0.6) is 0 Å². The summed E-state index contributed by atoms with van der Waals surface area (Å²) in [5, 5.41) is 10.3. The predicted molar refractivity (Wildman–Crippen MR) is 89.6 cm³/mol. The summed E-state index contributed by atoms with van der Waals surface area (Å²) in [6, 6.07) is 6.02. The molecule has 1 aromatic carbocycles. The van der Waals surface area contributed by atoms with Crippen molar-refractivity contribution in [3.63, 3.8) is 0 Å². The second-order valence-electron chi connectivity index (χ2n) is 5.32. The molecule has 1 amide bonds. The molecular weight excluding hydrogens is 342 g/mol. The fourth-order valence-corrected chi connectivity index (χ4v) is 2.86. The average Bonchev–Trinajstić information content (AvgIpc) is 3.06. The highest BCUT2D eigenvalue weighted by Crippen LogP contribution is 2.29. The number of hydrogen-bond acceptors (Lipinski definition) is 3. The second-order valence-corrected chi connectivity index (χ2v) is 5.72. The van der Waals surface area contributed by atoms with Gasteiger partial charge in [0.25, 0.3) is 5.91 Å². The number of aromatic nitrogens is 2. The molecule has 124 valence electrons. The van der Waals surface area contributed by atoms with Crippen molar-refractivity contribution in [3.05, 3.63) is 47.5 Å². The van der Waals surface area contributed by atoms with Gasteiger partial charge in [-0.05, 0) is 50.2 Å². The molecule has 5 nitrogen and oxygen atoms in total. The molecule has 1 aromatic heterocycles. The molecule has 0 bridgehead atoms. The number of rotatable bonds is 3. The molecular formula is C15H17Cl2FN4O. The van der Waals surface area contributed by atoms with Crippen LogP contribution in [0.3, 0.4) is 0 Å². The number of carbonyl (C=O) groups is 1. The van der Waals surface area contributed by atoms with Gasteiger partial charge in [-0.1, -0.05) is 11.6 Å². The molecule has 2 aromatic rings. The Kier molecular flexibility index (Phi) is 5.62. The number of anilines is 1. The van der Waals surface area contributed by atoms with Gasteiger partial charge in [0.15, 0.2) is 0 Å². The number of carbonyl (C=O) groups excluding carboxylic acids is 1. The Morgan fingerprint density at radius 1 is 1.39 bits per heavy atom. The third-order valence-corrected chi connectivity index (χ3v) is 4.28. The number of hydrogen-bond donors (Lipinski definition) is 2. The minimum atomic E-state index is -0.759. The van der Waals surface area contributed by atoms with E-state index in [0.29, 0.717) is 18.5 Å². The summed E-state index contributed by atoms with van der Waals surface area (Å²) < 4.78 is 15.2. The van der Waals surface area contributed by atoms with Crippen LogP contribution in [-0.2, 0) is 10.3 Å². The number of nitrogens with zero attached hydrogens (tertiary/aromatic N) is 2. The molecule has 2 N–H and O–H groups in total. The monoisotopic (exact) mass is 358 g/mol. The number of amides is 1. The average molecular weight is 359 g/mol. The van der Waals surface area contributed by atoms with E-state index in [0.717, 1.165) is 13.1 Å². The summed E-state index contributed by atoms with van der Waals surface area (Å²) in [7, 11) is 0. The summed E-state index contributed by atoms with van der Waals surface area (Å²) in [4.78, 5) is 12.8. The second kappa shape index (κ2) is 7.29. The molecule has 0 unspecified atom stereocenters. The first-order chi connectivity index (χ1) is 10.6. The summed E-state index contributed by atoms with van der Waals surface area (Å²) in [6.07, 6.45) is 4.68. The molecule has 23 heavy (non-hydrogen) atoms. The van der Waals surface area contributed by atoms with E-state index in [1.54, 1.807) is 29.2 Å². The van der Waals surface area contributed by atoms with Crippen LogP contribution in [0.25, 0.3) is 0 Å². The Balaban J connectivity index is 0.00000192. The maximum absolute atomic E-state index is 13.5. The van der Waals surface area contributed by atoms with E-state index in [-0.39, 0.29) is 23.3 Å². The van der Waals surface area contributed by atoms with Crippen molar-refractivity contribution in [2.75, 3.05) is 18.4 Å². The van der Waals surface area contributed by atoms with Gasteiger partial charge in [-0.15, -0.1) is 12.4 Å². The summed E-state index contributed by atoms with van der Waals surface area (Å²) in [5.41, 5.74) is -0.373. The Hall–Kier alpha value is -1.63. The first-order valence-electron chi connectivity index (χ1n) is 7.09. The minimum absolute atomic E-state index is 0. The van der Waals surface area contributed by atoms with Gasteiger partial charge in [-0.25, -0.2) is 4.39 Å². The molecule has 1 fully saturated rings. The van der Waals surface area contributed by atoms with E-state index >= 15 is 0 Å². The predicted octanol–water partition coefficient (Wildman–Crippen LogP) is 2.81. The SMILES string of the molecule is Cl.O=C(Nc1ccc(Cl)c(F)c1)C1(n2cccn2)CCNCC1. The highest BCUT2D eigenvalue weighted by Gasteiger charge is 2.42. The van der Waals surface area contributed by atoms with Gasteiger partial charge in [0.2, 0.25) is 0 Å². The number of benzene rings is 1. The zero-order chi connectivity index (χ0) is 15.6. The zero-order valence-corrected chi connectivity index (χ0v) is 13.8. The fourth-order valence-electron chi connectivity index (χ4n) is 2.74. The van der Waals surface area contributed by atoms with Crippen molar-refractivity contribution in [2.45, 2.75) is 18.4 Å². The fraction of sp³-hybridized carbons (Fsp3) is 0.333. The van der Waals surface area contributed by atoms with E-state index in [1.165, 1.54) is 12.1 Å². The molecule has 8 heteroatoms. The van der Waals surface area contributed by atoms with Crippen LogP contribution in [0.2, 0.25) is 5.02 Å². The van der Waals surface area contributed by atoms with E-state index in [2.05, 4.69) is 15.7 Å². The third kappa shape index (κ3) is 3.49. The maximum atomic E-state index is 13.5. The Morgan fingerprint density at radius 3 is 2.74 bits per heavy atom. The van der Waals surface area contributed by atoms with Gasteiger partial charge >= 0.3 is 0 Å². The van der Waals surface area contributed by atoms with Gasteiger partial charge in [0, 0.05) is 18.1 Å². The molecule has 1 aliphatic heterocycles. The van der Waals surface area contributed by atoms with Gasteiger partial charge < -0.3 is 10.6 Å². The third-order valence-electron chi connectivity index (χ3n) is 3.97. The summed E-state index contributed by atoms with van der Waals surface area (Å²) >= 11 is 5.66. The Bertz CT molecular complexity index is 672. The van der Waals surface area contributed by atoms with E-state index in [4.69, 9.17) is 11.6 Å². The molecule has 0 spiro atoms.